The Kier molecular flexibility index (Phi) is 2.00. The van der Waals surface area contributed by atoms with Gasteiger partial charge in [0.2, 0.25) is 0 Å². The summed E-state index contributed by atoms with van der Waals surface area (Å²) in [6.45, 7) is 8.49. The fraction of sp³-hybridized carbons (Fsp3) is 0.417. The summed E-state index contributed by atoms with van der Waals surface area (Å²) in [7, 11) is 0. The summed E-state index contributed by atoms with van der Waals surface area (Å²) in [4.78, 5) is 4.56. The van der Waals surface area contributed by atoms with E-state index in [4.69, 9.17) is 5.73 Å². The van der Waals surface area contributed by atoms with Gasteiger partial charge in [-0.1, -0.05) is 20.8 Å². The highest BCUT2D eigenvalue weighted by molar-refractivity contribution is 5.66. The Hall–Kier alpha value is -1.51. The molecule has 0 atom stereocenters. The van der Waals surface area contributed by atoms with Gasteiger partial charge in [0.1, 0.15) is 0 Å². The topological polar surface area (TPSA) is 43.3 Å². The number of hydrogen-bond acceptors (Lipinski definition) is 2. The Balaban J connectivity index is 2.71. The fourth-order valence-corrected chi connectivity index (χ4v) is 1.63. The molecule has 0 fully saturated rings. The normalized spacial score (nSPS) is 12.3. The van der Waals surface area contributed by atoms with Crippen molar-refractivity contribution in [3.63, 3.8) is 0 Å². The third-order valence-corrected chi connectivity index (χ3v) is 2.48. The van der Waals surface area contributed by atoms with Gasteiger partial charge in [-0.05, 0) is 18.6 Å². The van der Waals surface area contributed by atoms with Crippen molar-refractivity contribution in [1.29, 1.82) is 0 Å². The maximum absolute atomic E-state index is 5.93. The van der Waals surface area contributed by atoms with Crippen LogP contribution in [-0.4, -0.2) is 9.38 Å². The molecule has 0 aliphatic carbocycles. The van der Waals surface area contributed by atoms with Crippen molar-refractivity contribution in [2.45, 2.75) is 33.1 Å². The molecule has 2 N–H and O–H groups in total. The van der Waals surface area contributed by atoms with Gasteiger partial charge in [0.05, 0.1) is 11.4 Å². The van der Waals surface area contributed by atoms with E-state index >= 15 is 0 Å². The van der Waals surface area contributed by atoms with E-state index in [0.717, 1.165) is 22.6 Å². The minimum atomic E-state index is 0.0619. The molecule has 0 saturated heterocycles. The highest BCUT2D eigenvalue weighted by Crippen LogP contribution is 2.24. The maximum Gasteiger partial charge on any atom is 0.160 e. The molecule has 2 rings (SSSR count). The minimum absolute atomic E-state index is 0.0619. The van der Waals surface area contributed by atoms with Gasteiger partial charge in [-0.25, -0.2) is 4.98 Å². The number of rotatable bonds is 0. The van der Waals surface area contributed by atoms with Gasteiger partial charge in [0.15, 0.2) is 5.65 Å². The van der Waals surface area contributed by atoms with Gasteiger partial charge in [-0.2, -0.15) is 0 Å². The quantitative estimate of drug-likeness (QED) is 0.715. The molecular formula is C12H17N3. The van der Waals surface area contributed by atoms with Gasteiger partial charge >= 0.3 is 0 Å². The smallest absolute Gasteiger partial charge is 0.160 e. The summed E-state index contributed by atoms with van der Waals surface area (Å²) < 4.78 is 2.01. The van der Waals surface area contributed by atoms with E-state index in [1.807, 2.05) is 23.6 Å². The van der Waals surface area contributed by atoms with Gasteiger partial charge in [-0.15, -0.1) is 0 Å². The Labute approximate surface area is 89.9 Å². The van der Waals surface area contributed by atoms with Crippen molar-refractivity contribution in [3.05, 3.63) is 29.7 Å². The number of nitrogens with zero attached hydrogens (tertiary/aromatic N) is 2. The van der Waals surface area contributed by atoms with Gasteiger partial charge in [0.25, 0.3) is 0 Å². The summed E-state index contributed by atoms with van der Waals surface area (Å²) in [5.74, 6) is 0. The van der Waals surface area contributed by atoms with E-state index in [1.54, 1.807) is 0 Å². The van der Waals surface area contributed by atoms with Crippen molar-refractivity contribution in [2.24, 2.45) is 0 Å². The average molecular weight is 203 g/mol. The molecule has 15 heavy (non-hydrogen) atoms. The number of aryl methyl sites for hydroxylation is 1. The van der Waals surface area contributed by atoms with E-state index in [-0.39, 0.29) is 5.41 Å². The predicted molar refractivity (Wildman–Crippen MR) is 63.0 cm³/mol. The van der Waals surface area contributed by atoms with Crippen molar-refractivity contribution in [1.82, 2.24) is 9.38 Å². The molecule has 0 saturated carbocycles. The number of hydrogen-bond donors (Lipinski definition) is 1. The van der Waals surface area contributed by atoms with Gasteiger partial charge in [0, 0.05) is 17.8 Å². The van der Waals surface area contributed by atoms with Crippen LogP contribution < -0.4 is 5.73 Å². The Bertz CT molecular complexity index is 503. The van der Waals surface area contributed by atoms with Crippen molar-refractivity contribution >= 4 is 11.3 Å². The highest BCUT2D eigenvalue weighted by Gasteiger charge is 2.18. The zero-order valence-electron chi connectivity index (χ0n) is 9.70. The fourth-order valence-electron chi connectivity index (χ4n) is 1.63. The SMILES string of the molecule is Cc1cc(N)c2nc(C(C)(C)C)cn2c1. The van der Waals surface area contributed by atoms with Crippen LogP contribution in [0.15, 0.2) is 18.5 Å². The third kappa shape index (κ3) is 1.69. The monoisotopic (exact) mass is 203 g/mol. The van der Waals surface area contributed by atoms with Crippen LogP contribution >= 0.6 is 0 Å². The summed E-state index contributed by atoms with van der Waals surface area (Å²) in [6.07, 6.45) is 4.10. The molecule has 0 bridgehead atoms. The van der Waals surface area contributed by atoms with Crippen LogP contribution in [0.5, 0.6) is 0 Å². The molecule has 3 heteroatoms. The van der Waals surface area contributed by atoms with Crippen LogP contribution in [0.25, 0.3) is 5.65 Å². The zero-order chi connectivity index (χ0) is 11.2. The molecule has 0 spiro atoms. The zero-order valence-corrected chi connectivity index (χ0v) is 9.70. The summed E-state index contributed by atoms with van der Waals surface area (Å²) in [5, 5.41) is 0. The molecule has 2 aromatic heterocycles. The maximum atomic E-state index is 5.93. The van der Waals surface area contributed by atoms with Crippen LogP contribution in [0.4, 0.5) is 5.69 Å². The number of imidazole rings is 1. The lowest BCUT2D eigenvalue weighted by molar-refractivity contribution is 0.573. The first kappa shape index (κ1) is 10.0. The second-order valence-electron chi connectivity index (χ2n) is 5.08. The Morgan fingerprint density at radius 2 is 1.93 bits per heavy atom. The average Bonchev–Trinajstić information content (AvgIpc) is 2.46. The second kappa shape index (κ2) is 2.99. The molecule has 0 unspecified atom stereocenters. The van der Waals surface area contributed by atoms with E-state index in [0.29, 0.717) is 0 Å². The molecule has 0 aliphatic rings. The van der Waals surface area contributed by atoms with Crippen LogP contribution in [0.2, 0.25) is 0 Å². The Morgan fingerprint density at radius 1 is 1.27 bits per heavy atom. The number of anilines is 1. The van der Waals surface area contributed by atoms with E-state index < -0.39 is 0 Å². The third-order valence-electron chi connectivity index (χ3n) is 2.48. The van der Waals surface area contributed by atoms with Gasteiger partial charge < -0.3 is 10.1 Å². The first-order valence-corrected chi connectivity index (χ1v) is 5.13. The minimum Gasteiger partial charge on any atom is -0.396 e. The van der Waals surface area contributed by atoms with Crippen molar-refractivity contribution in [2.75, 3.05) is 5.73 Å². The first-order chi connectivity index (χ1) is 6.88. The molecule has 0 aromatic carbocycles. The molecule has 2 heterocycles. The number of fused-ring (bicyclic) bond motifs is 1. The van der Waals surface area contributed by atoms with Crippen LogP contribution in [0.1, 0.15) is 32.0 Å². The molecule has 0 radical (unpaired) electrons. The van der Waals surface area contributed by atoms with Crippen LogP contribution in [0.3, 0.4) is 0 Å². The summed E-state index contributed by atoms with van der Waals surface area (Å²) in [6, 6.07) is 1.95. The summed E-state index contributed by atoms with van der Waals surface area (Å²) >= 11 is 0. The van der Waals surface area contributed by atoms with E-state index in [9.17, 15) is 0 Å². The standard InChI is InChI=1S/C12H17N3/c1-8-5-9(13)11-14-10(12(2,3)4)7-15(11)6-8/h5-7H,13H2,1-4H3. The second-order valence-corrected chi connectivity index (χ2v) is 5.08. The lowest BCUT2D eigenvalue weighted by atomic mass is 9.93. The lowest BCUT2D eigenvalue weighted by Crippen LogP contribution is -2.11. The number of pyridine rings is 1. The van der Waals surface area contributed by atoms with Crippen molar-refractivity contribution in [3.8, 4) is 0 Å². The molecule has 0 amide bonds. The number of nitrogens with two attached hydrogens (primary N) is 1. The number of aromatic nitrogens is 2. The molecule has 80 valence electrons. The van der Waals surface area contributed by atoms with Crippen molar-refractivity contribution < 1.29 is 0 Å². The highest BCUT2D eigenvalue weighted by atomic mass is 15.0. The van der Waals surface area contributed by atoms with Crippen LogP contribution in [0, 0.1) is 6.92 Å². The lowest BCUT2D eigenvalue weighted by Gasteiger charge is -2.13. The molecule has 2 aromatic rings. The first-order valence-electron chi connectivity index (χ1n) is 5.13. The van der Waals surface area contributed by atoms with E-state index in [2.05, 4.69) is 32.0 Å². The number of nitrogen functional groups attached to an aromatic ring is 1. The van der Waals surface area contributed by atoms with Gasteiger partial charge in [-0.3, -0.25) is 0 Å². The largest absolute Gasteiger partial charge is 0.396 e. The predicted octanol–water partition coefficient (Wildman–Crippen LogP) is 2.52. The molecular weight excluding hydrogens is 186 g/mol. The molecule has 0 aliphatic heterocycles. The Morgan fingerprint density at radius 3 is 2.53 bits per heavy atom. The summed E-state index contributed by atoms with van der Waals surface area (Å²) in [5.41, 5.74) is 9.81. The van der Waals surface area contributed by atoms with E-state index in [1.165, 1.54) is 0 Å². The van der Waals surface area contributed by atoms with Crippen LogP contribution in [-0.2, 0) is 5.41 Å². The molecule has 3 nitrogen and oxygen atoms in total.